The van der Waals surface area contributed by atoms with E-state index in [1.54, 1.807) is 5.56 Å². The quantitative estimate of drug-likeness (QED) is 0.509. The predicted molar refractivity (Wildman–Crippen MR) is 148 cm³/mol. The van der Waals surface area contributed by atoms with Gasteiger partial charge in [0.2, 0.25) is 0 Å². The van der Waals surface area contributed by atoms with E-state index in [2.05, 4.69) is 78.7 Å². The predicted octanol–water partition coefficient (Wildman–Crippen LogP) is 7.00. The molecule has 1 heterocycles. The maximum Gasteiger partial charge on any atom is 0.251 e. The lowest BCUT2D eigenvalue weighted by Gasteiger charge is -2.46. The van der Waals surface area contributed by atoms with Crippen LogP contribution in [-0.2, 0) is 5.41 Å². The van der Waals surface area contributed by atoms with Crippen molar-refractivity contribution in [2.75, 3.05) is 13.1 Å². The standard InChI is InChI=1S/C33H42N2O/c1-23-20-27(32(36)34-28-9-4-3-5-10-28)13-15-30(23)26-12-14-29(21-26)35-19-18-33(24(2)22-35)17-16-25-8-6-7-11-31(25)33/h6-8,11,13,15-17,20,24,26,28-29H,3-5,9-10,12,14,18-19,21-22H2,1-2H3,(H,34,36). The Morgan fingerprint density at radius 1 is 1.03 bits per heavy atom. The summed E-state index contributed by atoms with van der Waals surface area (Å²) in [5.41, 5.74) is 6.78. The molecule has 3 heteroatoms. The average Bonchev–Trinajstić information content (AvgIpc) is 3.53. The highest BCUT2D eigenvalue weighted by atomic mass is 16.1. The number of amides is 1. The zero-order valence-corrected chi connectivity index (χ0v) is 22.1. The van der Waals surface area contributed by atoms with E-state index >= 15 is 0 Å². The number of carbonyl (C=O) groups excluding carboxylic acids is 1. The fourth-order valence-electron chi connectivity index (χ4n) is 7.92. The molecule has 190 valence electrons. The van der Waals surface area contributed by atoms with Gasteiger partial charge in [-0.1, -0.05) is 68.7 Å². The van der Waals surface area contributed by atoms with E-state index in [1.807, 2.05) is 0 Å². The molecule has 0 bridgehead atoms. The van der Waals surface area contributed by atoms with Crippen molar-refractivity contribution in [2.45, 2.75) is 95.1 Å². The Balaban J connectivity index is 1.08. The summed E-state index contributed by atoms with van der Waals surface area (Å²) in [7, 11) is 0. The van der Waals surface area contributed by atoms with Gasteiger partial charge in [0.1, 0.15) is 0 Å². The molecule has 4 atom stereocenters. The molecule has 1 amide bonds. The number of hydrogen-bond donors (Lipinski definition) is 1. The topological polar surface area (TPSA) is 32.3 Å². The first kappa shape index (κ1) is 24.0. The summed E-state index contributed by atoms with van der Waals surface area (Å²) >= 11 is 0. The number of fused-ring (bicyclic) bond motifs is 2. The summed E-state index contributed by atoms with van der Waals surface area (Å²) in [6.45, 7) is 7.05. The third-order valence-electron chi connectivity index (χ3n) is 10.1. The van der Waals surface area contributed by atoms with Crippen LogP contribution in [0.25, 0.3) is 6.08 Å². The molecular weight excluding hydrogens is 440 g/mol. The fourth-order valence-corrected chi connectivity index (χ4v) is 7.92. The summed E-state index contributed by atoms with van der Waals surface area (Å²) in [6.07, 6.45) is 16.0. The number of nitrogens with one attached hydrogen (secondary N) is 1. The number of allylic oxidation sites excluding steroid dienone is 1. The van der Waals surface area contributed by atoms with Crippen molar-refractivity contribution in [2.24, 2.45) is 5.92 Å². The Morgan fingerprint density at radius 3 is 2.67 bits per heavy atom. The van der Waals surface area contributed by atoms with Crippen molar-refractivity contribution < 1.29 is 4.79 Å². The van der Waals surface area contributed by atoms with Gasteiger partial charge in [0, 0.05) is 29.6 Å². The lowest BCUT2D eigenvalue weighted by atomic mass is 9.68. The maximum atomic E-state index is 12.8. The zero-order chi connectivity index (χ0) is 24.7. The van der Waals surface area contributed by atoms with Crippen molar-refractivity contribution >= 4 is 12.0 Å². The largest absolute Gasteiger partial charge is 0.349 e. The molecule has 36 heavy (non-hydrogen) atoms. The van der Waals surface area contributed by atoms with Gasteiger partial charge >= 0.3 is 0 Å². The van der Waals surface area contributed by atoms with Crippen LogP contribution in [0.2, 0.25) is 0 Å². The van der Waals surface area contributed by atoms with Gasteiger partial charge in [-0.15, -0.1) is 0 Å². The number of hydrogen-bond acceptors (Lipinski definition) is 2. The van der Waals surface area contributed by atoms with Crippen LogP contribution in [0.4, 0.5) is 0 Å². The van der Waals surface area contributed by atoms with Crippen LogP contribution in [0.1, 0.15) is 103 Å². The molecule has 1 saturated heterocycles. The molecular formula is C33H42N2O. The Bertz CT molecular complexity index is 1150. The number of benzene rings is 2. The minimum atomic E-state index is 0.111. The average molecular weight is 483 g/mol. The van der Waals surface area contributed by atoms with Gasteiger partial charge in [-0.25, -0.2) is 0 Å². The monoisotopic (exact) mass is 482 g/mol. The first-order valence-electron chi connectivity index (χ1n) is 14.5. The van der Waals surface area contributed by atoms with Crippen LogP contribution >= 0.6 is 0 Å². The van der Waals surface area contributed by atoms with Gasteiger partial charge in [0.05, 0.1) is 0 Å². The van der Waals surface area contributed by atoms with Crippen molar-refractivity contribution in [1.82, 2.24) is 10.2 Å². The van der Waals surface area contributed by atoms with Crippen LogP contribution in [0.5, 0.6) is 0 Å². The number of piperidine rings is 1. The number of nitrogens with zero attached hydrogens (tertiary/aromatic N) is 1. The number of aryl methyl sites for hydroxylation is 1. The Hall–Kier alpha value is -2.39. The molecule has 0 aromatic heterocycles. The number of carbonyl (C=O) groups is 1. The molecule has 0 radical (unpaired) electrons. The normalized spacial score (nSPS) is 30.6. The van der Waals surface area contributed by atoms with Crippen molar-refractivity contribution in [3.05, 3.63) is 76.4 Å². The molecule has 3 fully saturated rings. The van der Waals surface area contributed by atoms with Crippen molar-refractivity contribution in [1.29, 1.82) is 0 Å². The van der Waals surface area contributed by atoms with Gasteiger partial charge < -0.3 is 10.2 Å². The highest BCUT2D eigenvalue weighted by molar-refractivity contribution is 5.94. The van der Waals surface area contributed by atoms with Crippen LogP contribution in [0.3, 0.4) is 0 Å². The molecule has 2 aromatic rings. The van der Waals surface area contributed by atoms with Crippen LogP contribution < -0.4 is 5.32 Å². The molecule has 2 aromatic carbocycles. The second kappa shape index (κ2) is 9.82. The van der Waals surface area contributed by atoms with E-state index in [0.29, 0.717) is 23.9 Å². The van der Waals surface area contributed by atoms with E-state index in [0.717, 1.165) is 18.4 Å². The molecule has 1 aliphatic heterocycles. The Morgan fingerprint density at radius 2 is 1.86 bits per heavy atom. The van der Waals surface area contributed by atoms with Gasteiger partial charge in [0.25, 0.3) is 5.91 Å². The lowest BCUT2D eigenvalue weighted by Crippen LogP contribution is -2.50. The minimum absolute atomic E-state index is 0.111. The van der Waals surface area contributed by atoms with E-state index < -0.39 is 0 Å². The molecule has 1 N–H and O–H groups in total. The molecule has 1 spiro atoms. The molecule has 4 unspecified atom stereocenters. The van der Waals surface area contributed by atoms with Crippen LogP contribution in [0.15, 0.2) is 48.5 Å². The second-order valence-electron chi connectivity index (χ2n) is 12.2. The summed E-state index contributed by atoms with van der Waals surface area (Å²) in [5, 5.41) is 3.28. The summed E-state index contributed by atoms with van der Waals surface area (Å²) in [6, 6.07) is 16.5. The molecule has 4 aliphatic rings. The SMILES string of the molecule is Cc1cc(C(=O)NC2CCCCC2)ccc1C1CCC(N2CCC3(C=Cc4ccccc43)C(C)C2)C1. The van der Waals surface area contributed by atoms with E-state index in [4.69, 9.17) is 0 Å². The third kappa shape index (κ3) is 4.34. The Labute approximate surface area is 217 Å². The van der Waals surface area contributed by atoms with Crippen LogP contribution in [-0.4, -0.2) is 36.0 Å². The second-order valence-corrected chi connectivity index (χ2v) is 12.2. The van der Waals surface area contributed by atoms with Gasteiger partial charge in [-0.3, -0.25) is 4.79 Å². The van der Waals surface area contributed by atoms with Gasteiger partial charge in [-0.05, 0) is 98.2 Å². The summed E-state index contributed by atoms with van der Waals surface area (Å²) < 4.78 is 0. The number of rotatable bonds is 4. The summed E-state index contributed by atoms with van der Waals surface area (Å²) in [5.74, 6) is 1.36. The molecule has 3 aliphatic carbocycles. The molecule has 2 saturated carbocycles. The molecule has 6 rings (SSSR count). The van der Waals surface area contributed by atoms with E-state index in [-0.39, 0.29) is 11.3 Å². The minimum Gasteiger partial charge on any atom is -0.349 e. The zero-order valence-electron chi connectivity index (χ0n) is 22.1. The fraction of sp³-hybridized carbons (Fsp3) is 0.545. The van der Waals surface area contributed by atoms with E-state index in [1.165, 1.54) is 74.7 Å². The van der Waals surface area contributed by atoms with Gasteiger partial charge in [0.15, 0.2) is 0 Å². The highest BCUT2D eigenvalue weighted by Gasteiger charge is 2.45. The smallest absolute Gasteiger partial charge is 0.251 e. The first-order valence-corrected chi connectivity index (χ1v) is 14.5. The van der Waals surface area contributed by atoms with E-state index in [9.17, 15) is 4.79 Å². The third-order valence-corrected chi connectivity index (χ3v) is 10.1. The van der Waals surface area contributed by atoms with Crippen molar-refractivity contribution in [3.63, 3.8) is 0 Å². The summed E-state index contributed by atoms with van der Waals surface area (Å²) in [4.78, 5) is 15.6. The van der Waals surface area contributed by atoms with Gasteiger partial charge in [-0.2, -0.15) is 0 Å². The van der Waals surface area contributed by atoms with Crippen LogP contribution in [0, 0.1) is 12.8 Å². The van der Waals surface area contributed by atoms with Crippen molar-refractivity contribution in [3.8, 4) is 0 Å². The lowest BCUT2D eigenvalue weighted by molar-refractivity contribution is 0.0898. The highest BCUT2D eigenvalue weighted by Crippen LogP contribution is 2.48. The first-order chi connectivity index (χ1) is 17.5. The number of likely N-dealkylation sites (tertiary alicyclic amines) is 1. The Kier molecular flexibility index (Phi) is 6.54. The molecule has 3 nitrogen and oxygen atoms in total. The maximum absolute atomic E-state index is 12.8.